The number of fused-ring (bicyclic) bond motifs is 4. The molecule has 0 spiro atoms. The number of rotatable bonds is 6. The molecule has 242 valence electrons. The van der Waals surface area contributed by atoms with E-state index < -0.39 is 57.4 Å². The molecule has 0 aliphatic carbocycles. The van der Waals surface area contributed by atoms with E-state index in [1.165, 1.54) is 0 Å². The quantitative estimate of drug-likeness (QED) is 0.267. The first-order valence-corrected chi connectivity index (χ1v) is 15.6. The average Bonchev–Trinajstić information content (AvgIpc) is 3.55. The van der Waals surface area contributed by atoms with Crippen LogP contribution in [0.5, 0.6) is 11.8 Å². The molecular formula is C29H35BrF5N5O4. The Labute approximate surface area is 260 Å². The number of amides is 1. The molecule has 2 unspecified atom stereocenters. The highest BCUT2D eigenvalue weighted by Gasteiger charge is 2.49. The zero-order valence-corrected chi connectivity index (χ0v) is 26.3. The van der Waals surface area contributed by atoms with Crippen molar-refractivity contribution in [3.05, 3.63) is 16.1 Å². The molecule has 4 aliphatic rings. The normalized spacial score (nSPS) is 27.3. The summed E-state index contributed by atoms with van der Waals surface area (Å²) in [5, 5.41) is -0.372. The molecule has 0 N–H and O–H groups in total. The molecule has 4 atom stereocenters. The molecule has 1 aromatic carbocycles. The maximum Gasteiger partial charge on any atom is 0.410 e. The molecule has 4 aliphatic heterocycles. The Morgan fingerprint density at radius 2 is 1.91 bits per heavy atom. The molecule has 1 amide bonds. The number of carbonyl (C=O) groups is 1. The molecule has 4 saturated heterocycles. The summed E-state index contributed by atoms with van der Waals surface area (Å²) in [5.74, 6) is -3.33. The first kappa shape index (κ1) is 31.3. The number of ether oxygens (including phenoxy) is 3. The highest BCUT2D eigenvalue weighted by Crippen LogP contribution is 2.44. The molecule has 15 heteroatoms. The van der Waals surface area contributed by atoms with Crippen molar-refractivity contribution in [1.82, 2.24) is 19.8 Å². The summed E-state index contributed by atoms with van der Waals surface area (Å²) in [5.41, 5.74) is -1.74. The van der Waals surface area contributed by atoms with E-state index >= 15 is 8.78 Å². The molecule has 0 radical (unpaired) electrons. The van der Waals surface area contributed by atoms with Crippen LogP contribution in [0, 0.1) is 17.6 Å². The Hall–Kier alpha value is -2.68. The molecule has 2 bridgehead atoms. The van der Waals surface area contributed by atoms with Gasteiger partial charge in [0.05, 0.1) is 21.4 Å². The molecule has 5 heterocycles. The van der Waals surface area contributed by atoms with Crippen LogP contribution in [0.2, 0.25) is 0 Å². The van der Waals surface area contributed by atoms with Gasteiger partial charge in [0, 0.05) is 32.6 Å². The van der Waals surface area contributed by atoms with Crippen LogP contribution in [0.4, 0.5) is 32.6 Å². The summed E-state index contributed by atoms with van der Waals surface area (Å²) in [6.07, 6.45) is 1.65. The average molecular weight is 693 g/mol. The summed E-state index contributed by atoms with van der Waals surface area (Å²) in [6.45, 7) is 4.02. The van der Waals surface area contributed by atoms with Crippen molar-refractivity contribution in [3.63, 3.8) is 0 Å². The van der Waals surface area contributed by atoms with Crippen molar-refractivity contribution in [1.29, 1.82) is 0 Å². The van der Waals surface area contributed by atoms with E-state index in [0.29, 0.717) is 38.9 Å². The second-order valence-electron chi connectivity index (χ2n) is 13.2. The smallest absolute Gasteiger partial charge is 0.410 e. The number of halogens is 6. The van der Waals surface area contributed by atoms with Gasteiger partial charge in [0.15, 0.2) is 17.4 Å². The zero-order valence-electron chi connectivity index (χ0n) is 24.7. The van der Waals surface area contributed by atoms with Crippen LogP contribution in [-0.4, -0.2) is 95.2 Å². The van der Waals surface area contributed by atoms with E-state index in [0.717, 1.165) is 13.0 Å². The van der Waals surface area contributed by atoms with Gasteiger partial charge in [-0.2, -0.15) is 18.7 Å². The van der Waals surface area contributed by atoms with Gasteiger partial charge in [-0.05, 0) is 74.8 Å². The van der Waals surface area contributed by atoms with Crippen molar-refractivity contribution in [3.8, 4) is 11.8 Å². The fourth-order valence-corrected chi connectivity index (χ4v) is 7.53. The molecule has 44 heavy (non-hydrogen) atoms. The van der Waals surface area contributed by atoms with Gasteiger partial charge in [-0.25, -0.2) is 18.0 Å². The maximum absolute atomic E-state index is 15.6. The summed E-state index contributed by atoms with van der Waals surface area (Å²) < 4.78 is 88.0. The standard InChI is InChI=1S/C29H35BrF5N5O4/c1-28(2,3)44-27(41)40-11-15-5-8-38(13-17(40)9-15)24-18-22(20(32)19(30)21(33)23(18)43-25(34)35)36-26(37-24)42-14-29-6-4-7-39(29)12-16(31)10-29/h15-17,25H,4-14H2,1-3H3/t15?,16-,17?,29+/m1/s1. The van der Waals surface area contributed by atoms with Crippen molar-refractivity contribution in [2.24, 2.45) is 5.92 Å². The largest absolute Gasteiger partial charge is 0.461 e. The first-order valence-electron chi connectivity index (χ1n) is 14.8. The van der Waals surface area contributed by atoms with Gasteiger partial charge in [-0.15, -0.1) is 0 Å². The minimum absolute atomic E-state index is 0.0415. The molecule has 2 aromatic rings. The summed E-state index contributed by atoms with van der Waals surface area (Å²) in [4.78, 5) is 27.1. The third-order valence-corrected chi connectivity index (χ3v) is 9.69. The Bertz CT molecular complexity index is 1450. The van der Waals surface area contributed by atoms with Gasteiger partial charge in [0.25, 0.3) is 0 Å². The summed E-state index contributed by atoms with van der Waals surface area (Å²) in [7, 11) is 0. The second kappa shape index (κ2) is 11.6. The lowest BCUT2D eigenvalue weighted by Gasteiger charge is -2.34. The number of likely N-dealkylation sites (tertiary alicyclic amines) is 1. The lowest BCUT2D eigenvalue weighted by Crippen LogP contribution is -2.46. The monoisotopic (exact) mass is 691 g/mol. The number of carbonyl (C=O) groups excluding carboxylic acids is 1. The van der Waals surface area contributed by atoms with E-state index in [9.17, 15) is 18.0 Å². The third-order valence-electron chi connectivity index (χ3n) is 8.99. The van der Waals surface area contributed by atoms with E-state index in [2.05, 4.69) is 30.6 Å². The van der Waals surface area contributed by atoms with Crippen LogP contribution < -0.4 is 14.4 Å². The van der Waals surface area contributed by atoms with Crippen LogP contribution in [0.15, 0.2) is 4.47 Å². The third kappa shape index (κ3) is 5.85. The lowest BCUT2D eigenvalue weighted by molar-refractivity contribution is -0.0512. The van der Waals surface area contributed by atoms with Crippen LogP contribution in [0.1, 0.15) is 52.9 Å². The van der Waals surface area contributed by atoms with Crippen LogP contribution >= 0.6 is 15.9 Å². The molecule has 4 fully saturated rings. The highest BCUT2D eigenvalue weighted by atomic mass is 79.9. The van der Waals surface area contributed by atoms with Crippen LogP contribution in [0.3, 0.4) is 0 Å². The fraction of sp³-hybridized carbons (Fsp3) is 0.690. The number of nitrogens with zero attached hydrogens (tertiary/aromatic N) is 5. The number of alkyl halides is 3. The lowest BCUT2D eigenvalue weighted by atomic mass is 9.95. The van der Waals surface area contributed by atoms with E-state index in [1.54, 1.807) is 30.6 Å². The highest BCUT2D eigenvalue weighted by molar-refractivity contribution is 9.10. The Balaban J connectivity index is 1.41. The number of aromatic nitrogens is 2. The molecular weight excluding hydrogens is 657 g/mol. The van der Waals surface area contributed by atoms with Crippen molar-refractivity contribution in [2.45, 2.75) is 82.8 Å². The van der Waals surface area contributed by atoms with Gasteiger partial charge in [-0.1, -0.05) is 0 Å². The Morgan fingerprint density at radius 3 is 2.64 bits per heavy atom. The maximum atomic E-state index is 15.6. The van der Waals surface area contributed by atoms with Crippen LogP contribution in [-0.2, 0) is 4.74 Å². The van der Waals surface area contributed by atoms with E-state index in [1.807, 2.05) is 4.90 Å². The van der Waals surface area contributed by atoms with E-state index in [-0.39, 0.29) is 48.7 Å². The first-order chi connectivity index (χ1) is 20.7. The Morgan fingerprint density at radius 1 is 1.14 bits per heavy atom. The predicted molar refractivity (Wildman–Crippen MR) is 154 cm³/mol. The SMILES string of the molecule is CC(C)(C)OC(=O)N1CC2CCN(c3nc(OC[C@@]45CCCN4C[C@H](F)C5)nc4c(F)c(Br)c(F)c(OC(F)F)c34)CC1C2. The molecule has 1 aromatic heterocycles. The molecule has 0 saturated carbocycles. The number of anilines is 1. The zero-order chi connectivity index (χ0) is 31.6. The minimum atomic E-state index is -3.42. The minimum Gasteiger partial charge on any atom is -0.461 e. The molecule has 6 rings (SSSR count). The summed E-state index contributed by atoms with van der Waals surface area (Å²) >= 11 is 2.81. The second-order valence-corrected chi connectivity index (χ2v) is 14.0. The fourth-order valence-electron chi connectivity index (χ4n) is 7.16. The van der Waals surface area contributed by atoms with Gasteiger partial charge < -0.3 is 24.0 Å². The van der Waals surface area contributed by atoms with Gasteiger partial charge in [0.2, 0.25) is 0 Å². The topological polar surface area (TPSA) is 80.3 Å². The Kier molecular flexibility index (Phi) is 8.25. The van der Waals surface area contributed by atoms with Gasteiger partial charge in [0.1, 0.15) is 29.7 Å². The molecule has 9 nitrogen and oxygen atoms in total. The van der Waals surface area contributed by atoms with Crippen molar-refractivity contribution in [2.75, 3.05) is 44.2 Å². The van der Waals surface area contributed by atoms with Crippen molar-refractivity contribution >= 4 is 38.7 Å². The van der Waals surface area contributed by atoms with Crippen LogP contribution in [0.25, 0.3) is 10.9 Å². The summed E-state index contributed by atoms with van der Waals surface area (Å²) in [6, 6.07) is -0.586. The predicted octanol–water partition coefficient (Wildman–Crippen LogP) is 6.06. The van der Waals surface area contributed by atoms with Gasteiger partial charge in [-0.3, -0.25) is 4.90 Å². The van der Waals surface area contributed by atoms with Crippen molar-refractivity contribution < 1.29 is 41.0 Å². The number of hydrogen-bond donors (Lipinski definition) is 0. The number of benzene rings is 1. The van der Waals surface area contributed by atoms with E-state index in [4.69, 9.17) is 9.47 Å². The number of hydrogen-bond acceptors (Lipinski definition) is 8. The van der Waals surface area contributed by atoms with Gasteiger partial charge >= 0.3 is 18.7 Å².